The SMILES string of the molecule is CN1CCN(c2ccc(NC(=O)NCC[C@@H]3C[C@H]4CC[C@H]3C4)c(C(F)(F)F)c2)CC1. The minimum atomic E-state index is -4.53. The van der Waals surface area contributed by atoms with Crippen molar-refractivity contribution in [3.05, 3.63) is 23.8 Å². The average Bonchev–Trinajstić information content (AvgIpc) is 3.31. The van der Waals surface area contributed by atoms with E-state index in [9.17, 15) is 18.0 Å². The summed E-state index contributed by atoms with van der Waals surface area (Å²) < 4.78 is 41.0. The molecule has 1 saturated heterocycles. The number of carbonyl (C=O) groups is 1. The van der Waals surface area contributed by atoms with Gasteiger partial charge in [0, 0.05) is 38.4 Å². The number of carbonyl (C=O) groups excluding carboxylic acids is 1. The molecule has 3 fully saturated rings. The highest BCUT2D eigenvalue weighted by atomic mass is 19.4. The molecule has 0 spiro atoms. The summed E-state index contributed by atoms with van der Waals surface area (Å²) in [4.78, 5) is 16.3. The molecule has 0 radical (unpaired) electrons. The summed E-state index contributed by atoms with van der Waals surface area (Å²) in [5.41, 5.74) is -0.461. The second-order valence-corrected chi connectivity index (χ2v) is 9.12. The summed E-state index contributed by atoms with van der Waals surface area (Å²) in [5, 5.41) is 5.16. The number of piperazine rings is 1. The van der Waals surface area contributed by atoms with E-state index in [1.54, 1.807) is 6.07 Å². The fourth-order valence-corrected chi connectivity index (χ4v) is 5.40. The van der Waals surface area contributed by atoms with Gasteiger partial charge in [-0.3, -0.25) is 0 Å². The lowest BCUT2D eigenvalue weighted by atomic mass is 9.86. The summed E-state index contributed by atoms with van der Waals surface area (Å²) in [6, 6.07) is 3.60. The maximum absolute atomic E-state index is 13.7. The molecule has 2 amide bonds. The van der Waals surface area contributed by atoms with Gasteiger partial charge in [0.15, 0.2) is 0 Å². The van der Waals surface area contributed by atoms with Crippen molar-refractivity contribution in [2.45, 2.75) is 38.3 Å². The number of nitrogens with zero attached hydrogens (tertiary/aromatic N) is 2. The zero-order valence-electron chi connectivity index (χ0n) is 17.5. The van der Waals surface area contributed by atoms with Gasteiger partial charge in [-0.2, -0.15) is 13.2 Å². The van der Waals surface area contributed by atoms with E-state index in [0.29, 0.717) is 31.2 Å². The van der Waals surface area contributed by atoms with E-state index in [1.165, 1.54) is 31.7 Å². The van der Waals surface area contributed by atoms with Crippen LogP contribution >= 0.6 is 0 Å². The number of hydrogen-bond acceptors (Lipinski definition) is 3. The predicted octanol–water partition coefficient (Wildman–Crippen LogP) is 4.41. The fraction of sp³-hybridized carbons (Fsp3) is 0.682. The molecule has 1 heterocycles. The molecule has 0 aromatic heterocycles. The minimum absolute atomic E-state index is 0.196. The Morgan fingerprint density at radius 2 is 1.90 bits per heavy atom. The van der Waals surface area contributed by atoms with Crippen LogP contribution in [0, 0.1) is 17.8 Å². The molecule has 5 nitrogen and oxygen atoms in total. The van der Waals surface area contributed by atoms with Gasteiger partial charge in [-0.05, 0) is 68.7 Å². The van der Waals surface area contributed by atoms with Crippen LogP contribution in [0.5, 0.6) is 0 Å². The van der Waals surface area contributed by atoms with Gasteiger partial charge in [-0.15, -0.1) is 0 Å². The molecule has 2 bridgehead atoms. The lowest BCUT2D eigenvalue weighted by molar-refractivity contribution is -0.136. The molecule has 8 heteroatoms. The van der Waals surface area contributed by atoms with Crippen LogP contribution in [0.4, 0.5) is 29.3 Å². The van der Waals surface area contributed by atoms with E-state index in [2.05, 4.69) is 15.5 Å². The van der Waals surface area contributed by atoms with Gasteiger partial charge in [-0.1, -0.05) is 6.42 Å². The van der Waals surface area contributed by atoms with Gasteiger partial charge in [0.05, 0.1) is 11.3 Å². The number of alkyl halides is 3. The number of hydrogen-bond donors (Lipinski definition) is 2. The third-order valence-corrected chi connectivity index (χ3v) is 7.11. The Labute approximate surface area is 176 Å². The standard InChI is InChI=1S/C22H31F3N4O/c1-28-8-10-29(11-9-28)18-4-5-20(19(14-18)22(23,24)25)27-21(30)26-7-6-17-13-15-2-3-16(17)12-15/h4-5,14-17H,2-3,6-13H2,1H3,(H2,26,27,30)/t15-,16-,17+/m0/s1. The fourth-order valence-electron chi connectivity index (χ4n) is 5.40. The molecular formula is C22H31F3N4O. The van der Waals surface area contributed by atoms with Gasteiger partial charge in [0.2, 0.25) is 0 Å². The van der Waals surface area contributed by atoms with Crippen molar-refractivity contribution in [1.82, 2.24) is 10.2 Å². The van der Waals surface area contributed by atoms with E-state index in [1.807, 2.05) is 11.9 Å². The topological polar surface area (TPSA) is 47.6 Å². The summed E-state index contributed by atoms with van der Waals surface area (Å²) in [5.74, 6) is 2.28. The van der Waals surface area contributed by atoms with Crippen molar-refractivity contribution in [1.29, 1.82) is 0 Å². The molecule has 1 aromatic rings. The lowest BCUT2D eigenvalue weighted by Crippen LogP contribution is -2.44. The number of halogens is 3. The Balaban J connectivity index is 1.35. The Morgan fingerprint density at radius 3 is 2.53 bits per heavy atom. The van der Waals surface area contributed by atoms with Gasteiger partial charge in [0.1, 0.15) is 0 Å². The van der Waals surface area contributed by atoms with E-state index in [-0.39, 0.29) is 5.69 Å². The summed E-state index contributed by atoms with van der Waals surface area (Å²) >= 11 is 0. The second-order valence-electron chi connectivity index (χ2n) is 9.12. The number of benzene rings is 1. The zero-order chi connectivity index (χ0) is 21.3. The average molecular weight is 425 g/mol. The molecule has 1 aromatic carbocycles. The Kier molecular flexibility index (Phi) is 6.14. The molecule has 3 aliphatic rings. The molecule has 1 aliphatic heterocycles. The summed E-state index contributed by atoms with van der Waals surface area (Å²) in [6.07, 6.45) is 1.54. The third-order valence-electron chi connectivity index (χ3n) is 7.11. The predicted molar refractivity (Wildman–Crippen MR) is 112 cm³/mol. The first-order chi connectivity index (χ1) is 14.3. The largest absolute Gasteiger partial charge is 0.418 e. The Morgan fingerprint density at radius 1 is 1.13 bits per heavy atom. The van der Waals surface area contributed by atoms with Crippen LogP contribution < -0.4 is 15.5 Å². The van der Waals surface area contributed by atoms with E-state index >= 15 is 0 Å². The smallest absolute Gasteiger partial charge is 0.369 e. The first kappa shape index (κ1) is 21.3. The second kappa shape index (κ2) is 8.65. The van der Waals surface area contributed by atoms with Crippen molar-refractivity contribution in [3.63, 3.8) is 0 Å². The molecule has 166 valence electrons. The van der Waals surface area contributed by atoms with Crippen LogP contribution in [0.1, 0.15) is 37.7 Å². The number of fused-ring (bicyclic) bond motifs is 2. The van der Waals surface area contributed by atoms with E-state index in [0.717, 1.165) is 37.4 Å². The highest BCUT2D eigenvalue weighted by Crippen LogP contribution is 2.49. The maximum atomic E-state index is 13.7. The monoisotopic (exact) mass is 424 g/mol. The number of urea groups is 1. The summed E-state index contributed by atoms with van der Waals surface area (Å²) in [6.45, 7) is 3.49. The maximum Gasteiger partial charge on any atom is 0.418 e. The normalized spacial score (nSPS) is 26.8. The molecule has 3 atom stereocenters. The van der Waals surface area contributed by atoms with Gasteiger partial charge >= 0.3 is 12.2 Å². The lowest BCUT2D eigenvalue weighted by Gasteiger charge is -2.34. The van der Waals surface area contributed by atoms with Gasteiger partial charge in [-0.25, -0.2) is 4.79 Å². The van der Waals surface area contributed by atoms with Crippen molar-refractivity contribution < 1.29 is 18.0 Å². The molecule has 2 aliphatic carbocycles. The number of rotatable bonds is 5. The van der Waals surface area contributed by atoms with E-state index in [4.69, 9.17) is 0 Å². The third kappa shape index (κ3) is 4.85. The number of anilines is 2. The van der Waals surface area contributed by atoms with Crippen LogP contribution in [0.3, 0.4) is 0 Å². The van der Waals surface area contributed by atoms with E-state index < -0.39 is 17.8 Å². The van der Waals surface area contributed by atoms with Crippen LogP contribution in [0.15, 0.2) is 18.2 Å². The van der Waals surface area contributed by atoms with Gasteiger partial charge in [0.25, 0.3) is 0 Å². The molecule has 2 saturated carbocycles. The van der Waals surface area contributed by atoms with Crippen LogP contribution in [-0.4, -0.2) is 50.7 Å². The first-order valence-corrected chi connectivity index (χ1v) is 11.0. The number of nitrogens with one attached hydrogen (secondary N) is 2. The number of likely N-dealkylation sites (N-methyl/N-ethyl adjacent to an activating group) is 1. The highest BCUT2D eigenvalue weighted by Gasteiger charge is 2.39. The van der Waals surface area contributed by atoms with Gasteiger partial charge < -0.3 is 20.4 Å². The summed E-state index contributed by atoms with van der Waals surface area (Å²) in [7, 11) is 2.00. The van der Waals surface area contributed by atoms with Crippen molar-refractivity contribution in [2.75, 3.05) is 50.0 Å². The quantitative estimate of drug-likeness (QED) is 0.736. The number of amides is 2. The Hall–Kier alpha value is -1.96. The molecule has 4 rings (SSSR count). The zero-order valence-corrected chi connectivity index (χ0v) is 17.5. The van der Waals surface area contributed by atoms with Crippen LogP contribution in [0.2, 0.25) is 0 Å². The highest BCUT2D eigenvalue weighted by molar-refractivity contribution is 5.90. The molecular weight excluding hydrogens is 393 g/mol. The van der Waals surface area contributed by atoms with Crippen molar-refractivity contribution >= 4 is 17.4 Å². The molecule has 2 N–H and O–H groups in total. The minimum Gasteiger partial charge on any atom is -0.369 e. The van der Waals surface area contributed by atoms with Crippen molar-refractivity contribution in [2.24, 2.45) is 17.8 Å². The van der Waals surface area contributed by atoms with Crippen molar-refractivity contribution in [3.8, 4) is 0 Å². The van der Waals surface area contributed by atoms with Crippen LogP contribution in [-0.2, 0) is 6.18 Å². The molecule has 30 heavy (non-hydrogen) atoms. The molecule has 0 unspecified atom stereocenters. The first-order valence-electron chi connectivity index (χ1n) is 11.0. The van der Waals surface area contributed by atoms with Crippen LogP contribution in [0.25, 0.3) is 0 Å². The Bertz CT molecular complexity index is 761.